The molecule has 0 spiro atoms. The molecule has 0 aliphatic heterocycles. The number of aliphatic hydroxyl groups is 1. The molecule has 0 amide bonds. The summed E-state index contributed by atoms with van der Waals surface area (Å²) < 4.78 is 17.9. The third-order valence-corrected chi connectivity index (χ3v) is 2.55. The van der Waals surface area contributed by atoms with Crippen LogP contribution in [0.5, 0.6) is 0 Å². The zero-order chi connectivity index (χ0) is 10.8. The van der Waals surface area contributed by atoms with Crippen LogP contribution in [0, 0.1) is 5.82 Å². The van der Waals surface area contributed by atoms with E-state index in [1.165, 1.54) is 19.2 Å². The number of halogens is 1. The van der Waals surface area contributed by atoms with Crippen LogP contribution in [0.3, 0.4) is 0 Å². The first-order valence-electron chi connectivity index (χ1n) is 4.49. The molecule has 0 aliphatic carbocycles. The Kier molecular flexibility index (Phi) is 3.24. The van der Waals surface area contributed by atoms with Gasteiger partial charge in [-0.25, -0.2) is 4.39 Å². The quantitative estimate of drug-likeness (QED) is 0.805. The van der Waals surface area contributed by atoms with Crippen molar-refractivity contribution >= 4 is 0 Å². The predicted molar refractivity (Wildman–Crippen MR) is 52.4 cm³/mol. The Balaban J connectivity index is 3.03. The van der Waals surface area contributed by atoms with Crippen LogP contribution in [-0.4, -0.2) is 18.3 Å². The number of hydrogen-bond acceptors (Lipinski definition) is 2. The molecule has 1 rings (SSSR count). The zero-order valence-electron chi connectivity index (χ0n) is 8.62. The van der Waals surface area contributed by atoms with Gasteiger partial charge in [0.15, 0.2) is 0 Å². The van der Waals surface area contributed by atoms with Crippen molar-refractivity contribution in [3.05, 3.63) is 35.6 Å². The van der Waals surface area contributed by atoms with Gasteiger partial charge in [0.05, 0.1) is 6.10 Å². The van der Waals surface area contributed by atoms with Crippen molar-refractivity contribution in [1.29, 1.82) is 0 Å². The van der Waals surface area contributed by atoms with Crippen molar-refractivity contribution in [2.24, 2.45) is 0 Å². The van der Waals surface area contributed by atoms with Gasteiger partial charge in [-0.2, -0.15) is 0 Å². The average molecular weight is 198 g/mol. The maximum Gasteiger partial charge on any atom is 0.123 e. The standard InChI is InChI=1S/C11H15FO2/c1-8(14-3)11(2,13)9-5-4-6-10(12)7-9/h4-8,13H,1-3H3. The lowest BCUT2D eigenvalue weighted by molar-refractivity contribution is -0.0773. The lowest BCUT2D eigenvalue weighted by Crippen LogP contribution is -2.35. The number of hydrogen-bond donors (Lipinski definition) is 1. The topological polar surface area (TPSA) is 29.5 Å². The largest absolute Gasteiger partial charge is 0.383 e. The Morgan fingerprint density at radius 1 is 1.50 bits per heavy atom. The molecule has 0 bridgehead atoms. The fraction of sp³-hybridized carbons (Fsp3) is 0.455. The fourth-order valence-electron chi connectivity index (χ4n) is 1.27. The van der Waals surface area contributed by atoms with Gasteiger partial charge in [-0.3, -0.25) is 0 Å². The van der Waals surface area contributed by atoms with Gasteiger partial charge in [0.2, 0.25) is 0 Å². The van der Waals surface area contributed by atoms with Gasteiger partial charge >= 0.3 is 0 Å². The van der Waals surface area contributed by atoms with Crippen LogP contribution in [0.25, 0.3) is 0 Å². The highest BCUT2D eigenvalue weighted by atomic mass is 19.1. The molecule has 14 heavy (non-hydrogen) atoms. The second-order valence-electron chi connectivity index (χ2n) is 3.54. The third-order valence-electron chi connectivity index (χ3n) is 2.55. The summed E-state index contributed by atoms with van der Waals surface area (Å²) in [4.78, 5) is 0. The summed E-state index contributed by atoms with van der Waals surface area (Å²) in [5.41, 5.74) is -0.650. The SMILES string of the molecule is COC(C)C(C)(O)c1cccc(F)c1. The lowest BCUT2D eigenvalue weighted by Gasteiger charge is -2.29. The molecule has 1 N–H and O–H groups in total. The van der Waals surface area contributed by atoms with E-state index in [9.17, 15) is 9.50 Å². The highest BCUT2D eigenvalue weighted by molar-refractivity contribution is 5.23. The summed E-state index contributed by atoms with van der Waals surface area (Å²) in [6.45, 7) is 3.35. The van der Waals surface area contributed by atoms with Gasteiger partial charge < -0.3 is 9.84 Å². The number of ether oxygens (including phenoxy) is 1. The van der Waals surface area contributed by atoms with E-state index in [0.29, 0.717) is 5.56 Å². The van der Waals surface area contributed by atoms with E-state index in [0.717, 1.165) is 0 Å². The van der Waals surface area contributed by atoms with Crippen molar-refractivity contribution in [2.75, 3.05) is 7.11 Å². The van der Waals surface area contributed by atoms with Crippen molar-refractivity contribution in [3.63, 3.8) is 0 Å². The monoisotopic (exact) mass is 198 g/mol. The Morgan fingerprint density at radius 3 is 2.64 bits per heavy atom. The molecule has 0 aromatic heterocycles. The van der Waals surface area contributed by atoms with Gasteiger partial charge in [-0.1, -0.05) is 12.1 Å². The average Bonchev–Trinajstić information content (AvgIpc) is 2.16. The Morgan fingerprint density at radius 2 is 2.14 bits per heavy atom. The molecule has 3 heteroatoms. The van der Waals surface area contributed by atoms with Crippen LogP contribution in [0.1, 0.15) is 19.4 Å². The molecule has 1 aromatic carbocycles. The van der Waals surface area contributed by atoms with Crippen LogP contribution in [0.15, 0.2) is 24.3 Å². The number of rotatable bonds is 3. The van der Waals surface area contributed by atoms with E-state index in [-0.39, 0.29) is 11.9 Å². The molecule has 1 aromatic rings. The summed E-state index contributed by atoms with van der Waals surface area (Å²) in [7, 11) is 1.51. The van der Waals surface area contributed by atoms with E-state index in [4.69, 9.17) is 4.74 Å². The second kappa shape index (κ2) is 4.07. The summed E-state index contributed by atoms with van der Waals surface area (Å²) in [5, 5.41) is 10.1. The zero-order valence-corrected chi connectivity index (χ0v) is 8.62. The molecule has 0 heterocycles. The van der Waals surface area contributed by atoms with E-state index in [2.05, 4.69) is 0 Å². The summed E-state index contributed by atoms with van der Waals surface area (Å²) in [5.74, 6) is -0.355. The highest BCUT2D eigenvalue weighted by Gasteiger charge is 2.30. The molecule has 2 nitrogen and oxygen atoms in total. The molecular formula is C11H15FO2. The van der Waals surface area contributed by atoms with Gasteiger partial charge in [-0.15, -0.1) is 0 Å². The molecular weight excluding hydrogens is 183 g/mol. The Labute approximate surface area is 83.3 Å². The first kappa shape index (κ1) is 11.1. The van der Waals surface area contributed by atoms with Crippen LogP contribution in [0.2, 0.25) is 0 Å². The van der Waals surface area contributed by atoms with Crippen LogP contribution in [-0.2, 0) is 10.3 Å². The molecule has 0 saturated carbocycles. The normalized spacial score (nSPS) is 17.5. The highest BCUT2D eigenvalue weighted by Crippen LogP contribution is 2.26. The number of benzene rings is 1. The Bertz CT molecular complexity index is 310. The minimum atomic E-state index is -1.17. The van der Waals surface area contributed by atoms with Gasteiger partial charge in [-0.05, 0) is 31.5 Å². The van der Waals surface area contributed by atoms with Crippen molar-refractivity contribution in [3.8, 4) is 0 Å². The first-order valence-corrected chi connectivity index (χ1v) is 4.49. The molecule has 2 atom stereocenters. The van der Waals surface area contributed by atoms with E-state index in [1.807, 2.05) is 0 Å². The summed E-state index contributed by atoms with van der Waals surface area (Å²) in [6.07, 6.45) is -0.385. The minimum absolute atomic E-state index is 0.355. The molecule has 0 radical (unpaired) electrons. The van der Waals surface area contributed by atoms with Crippen LogP contribution < -0.4 is 0 Å². The smallest absolute Gasteiger partial charge is 0.123 e. The summed E-state index contributed by atoms with van der Waals surface area (Å²) in [6, 6.07) is 5.91. The van der Waals surface area contributed by atoms with Gasteiger partial charge in [0, 0.05) is 7.11 Å². The minimum Gasteiger partial charge on any atom is -0.383 e. The van der Waals surface area contributed by atoms with Crippen molar-refractivity contribution in [2.45, 2.75) is 25.6 Å². The van der Waals surface area contributed by atoms with Crippen LogP contribution in [0.4, 0.5) is 4.39 Å². The van der Waals surface area contributed by atoms with Crippen molar-refractivity contribution < 1.29 is 14.2 Å². The van der Waals surface area contributed by atoms with E-state index >= 15 is 0 Å². The molecule has 0 saturated heterocycles. The third kappa shape index (κ3) is 2.11. The van der Waals surface area contributed by atoms with E-state index in [1.54, 1.807) is 26.0 Å². The summed E-state index contributed by atoms with van der Waals surface area (Å²) >= 11 is 0. The molecule has 78 valence electrons. The second-order valence-corrected chi connectivity index (χ2v) is 3.54. The maximum absolute atomic E-state index is 12.9. The maximum atomic E-state index is 12.9. The molecule has 0 fully saturated rings. The van der Waals surface area contributed by atoms with Gasteiger partial charge in [0.1, 0.15) is 11.4 Å². The van der Waals surface area contributed by atoms with E-state index < -0.39 is 5.60 Å². The van der Waals surface area contributed by atoms with Crippen molar-refractivity contribution in [1.82, 2.24) is 0 Å². The number of methoxy groups -OCH3 is 1. The van der Waals surface area contributed by atoms with Crippen LogP contribution >= 0.6 is 0 Å². The lowest BCUT2D eigenvalue weighted by atomic mass is 9.91. The molecule has 0 aliphatic rings. The van der Waals surface area contributed by atoms with Gasteiger partial charge in [0.25, 0.3) is 0 Å². The fourth-order valence-corrected chi connectivity index (χ4v) is 1.27. The first-order chi connectivity index (χ1) is 6.48. The predicted octanol–water partition coefficient (Wildman–Crippen LogP) is 2.07. The molecule has 2 unspecified atom stereocenters. The Hall–Kier alpha value is -0.930.